The van der Waals surface area contributed by atoms with Gasteiger partial charge in [-0.15, -0.1) is 0 Å². The van der Waals surface area contributed by atoms with Gasteiger partial charge in [0.2, 0.25) is 0 Å². The minimum atomic E-state index is -0.272. The molecule has 0 fully saturated rings. The van der Waals surface area contributed by atoms with Crippen molar-refractivity contribution in [1.82, 2.24) is 5.32 Å². The highest BCUT2D eigenvalue weighted by atomic mass is 19.1. The first-order valence-corrected chi connectivity index (χ1v) is 5.39. The van der Waals surface area contributed by atoms with Crippen LogP contribution < -0.4 is 5.32 Å². The van der Waals surface area contributed by atoms with Crippen molar-refractivity contribution in [3.63, 3.8) is 0 Å². The molecule has 0 bridgehead atoms. The van der Waals surface area contributed by atoms with E-state index in [2.05, 4.69) is 5.32 Å². The maximum Gasteiger partial charge on any atom is 0.127 e. The first kappa shape index (κ1) is 11.7. The van der Waals surface area contributed by atoms with Crippen LogP contribution >= 0.6 is 0 Å². The third-order valence-corrected chi connectivity index (χ3v) is 2.59. The van der Waals surface area contributed by atoms with E-state index in [9.17, 15) is 8.78 Å². The van der Waals surface area contributed by atoms with Gasteiger partial charge in [-0.2, -0.15) is 0 Å². The highest BCUT2D eigenvalue weighted by molar-refractivity contribution is 5.64. The Kier molecular flexibility index (Phi) is 3.49. The summed E-state index contributed by atoms with van der Waals surface area (Å²) in [5.41, 5.74) is 2.37. The fourth-order valence-corrected chi connectivity index (χ4v) is 1.72. The van der Waals surface area contributed by atoms with Gasteiger partial charge < -0.3 is 5.32 Å². The van der Waals surface area contributed by atoms with E-state index < -0.39 is 0 Å². The van der Waals surface area contributed by atoms with E-state index >= 15 is 0 Å². The smallest absolute Gasteiger partial charge is 0.127 e. The lowest BCUT2D eigenvalue weighted by Crippen LogP contribution is -2.07. The van der Waals surface area contributed by atoms with Gasteiger partial charge in [-0.05, 0) is 42.4 Å². The Balaban J connectivity index is 2.39. The van der Waals surface area contributed by atoms with Crippen LogP contribution in [0.15, 0.2) is 42.5 Å². The number of hydrogen-bond acceptors (Lipinski definition) is 1. The molecule has 2 aromatic rings. The average molecular weight is 233 g/mol. The van der Waals surface area contributed by atoms with E-state index in [1.165, 1.54) is 18.2 Å². The summed E-state index contributed by atoms with van der Waals surface area (Å²) in [7, 11) is 1.77. The Labute approximate surface area is 99.1 Å². The zero-order valence-electron chi connectivity index (χ0n) is 9.50. The molecular weight excluding hydrogens is 220 g/mol. The van der Waals surface area contributed by atoms with Crippen molar-refractivity contribution in [3.05, 3.63) is 59.7 Å². The lowest BCUT2D eigenvalue weighted by molar-refractivity contribution is 0.601. The molecule has 1 nitrogen and oxygen atoms in total. The molecule has 0 aliphatic heterocycles. The van der Waals surface area contributed by atoms with Crippen LogP contribution in [-0.2, 0) is 6.54 Å². The van der Waals surface area contributed by atoms with Crippen LogP contribution in [0.25, 0.3) is 11.1 Å². The van der Waals surface area contributed by atoms with Crippen LogP contribution in [0, 0.1) is 11.6 Å². The molecule has 0 aliphatic carbocycles. The monoisotopic (exact) mass is 233 g/mol. The second kappa shape index (κ2) is 5.06. The third-order valence-electron chi connectivity index (χ3n) is 2.59. The quantitative estimate of drug-likeness (QED) is 0.857. The molecule has 3 heteroatoms. The standard InChI is InChI=1S/C14H13F2N/c1-17-9-12-8-11(4-7-14(12)16)10-2-5-13(15)6-3-10/h2-8,17H,9H2,1H3. The lowest BCUT2D eigenvalue weighted by Gasteiger charge is -2.06. The largest absolute Gasteiger partial charge is 0.316 e. The zero-order chi connectivity index (χ0) is 12.3. The van der Waals surface area contributed by atoms with Gasteiger partial charge in [0.15, 0.2) is 0 Å². The molecule has 88 valence electrons. The predicted octanol–water partition coefficient (Wildman–Crippen LogP) is 3.35. The number of halogens is 2. The topological polar surface area (TPSA) is 12.0 Å². The summed E-state index contributed by atoms with van der Waals surface area (Å²) < 4.78 is 26.2. The van der Waals surface area contributed by atoms with E-state index in [0.717, 1.165) is 11.1 Å². The van der Waals surface area contributed by atoms with E-state index in [1.807, 2.05) is 0 Å². The van der Waals surface area contributed by atoms with Crippen molar-refractivity contribution in [2.45, 2.75) is 6.54 Å². The minimum absolute atomic E-state index is 0.231. The normalized spacial score (nSPS) is 10.5. The summed E-state index contributed by atoms with van der Waals surface area (Å²) in [5.74, 6) is -0.503. The van der Waals surface area contributed by atoms with Crippen molar-refractivity contribution < 1.29 is 8.78 Å². The van der Waals surface area contributed by atoms with Crippen LogP contribution in [0.4, 0.5) is 8.78 Å². The average Bonchev–Trinajstić information content (AvgIpc) is 2.33. The minimum Gasteiger partial charge on any atom is -0.316 e. The molecule has 0 saturated heterocycles. The first-order chi connectivity index (χ1) is 8.20. The first-order valence-electron chi connectivity index (χ1n) is 5.39. The maximum absolute atomic E-state index is 13.4. The summed E-state index contributed by atoms with van der Waals surface area (Å²) in [6.07, 6.45) is 0. The van der Waals surface area contributed by atoms with Gasteiger partial charge in [0.05, 0.1) is 0 Å². The third kappa shape index (κ3) is 2.68. The Morgan fingerprint density at radius 3 is 2.24 bits per heavy atom. The number of rotatable bonds is 3. The Morgan fingerprint density at radius 1 is 0.941 bits per heavy atom. The predicted molar refractivity (Wildman–Crippen MR) is 64.6 cm³/mol. The maximum atomic E-state index is 13.4. The van der Waals surface area contributed by atoms with Gasteiger partial charge >= 0.3 is 0 Å². The summed E-state index contributed by atoms with van der Waals surface area (Å²) in [6.45, 7) is 0.473. The fraction of sp³-hybridized carbons (Fsp3) is 0.143. The second-order valence-corrected chi connectivity index (χ2v) is 3.84. The van der Waals surface area contributed by atoms with Crippen molar-refractivity contribution in [3.8, 4) is 11.1 Å². The highest BCUT2D eigenvalue weighted by Crippen LogP contribution is 2.22. The van der Waals surface area contributed by atoms with E-state index in [-0.39, 0.29) is 11.6 Å². The SMILES string of the molecule is CNCc1cc(-c2ccc(F)cc2)ccc1F. The molecule has 0 amide bonds. The summed E-state index contributed by atoms with van der Waals surface area (Å²) in [4.78, 5) is 0. The van der Waals surface area contributed by atoms with Crippen LogP contribution in [0.3, 0.4) is 0 Å². The molecule has 2 rings (SSSR count). The number of benzene rings is 2. The molecule has 17 heavy (non-hydrogen) atoms. The van der Waals surface area contributed by atoms with E-state index in [1.54, 1.807) is 31.3 Å². The zero-order valence-corrected chi connectivity index (χ0v) is 9.50. The molecule has 1 N–H and O–H groups in total. The molecule has 2 aromatic carbocycles. The van der Waals surface area contributed by atoms with Crippen molar-refractivity contribution >= 4 is 0 Å². The Bertz CT molecular complexity index is 506. The Hall–Kier alpha value is -1.74. The molecule has 0 unspecified atom stereocenters. The summed E-state index contributed by atoms with van der Waals surface area (Å²) in [5, 5.41) is 2.91. The van der Waals surface area contributed by atoms with Gasteiger partial charge in [0.1, 0.15) is 11.6 Å². The molecule has 0 saturated carbocycles. The van der Waals surface area contributed by atoms with Gasteiger partial charge in [0.25, 0.3) is 0 Å². The van der Waals surface area contributed by atoms with Crippen molar-refractivity contribution in [2.75, 3.05) is 7.05 Å². The Morgan fingerprint density at radius 2 is 1.59 bits per heavy atom. The van der Waals surface area contributed by atoms with Crippen molar-refractivity contribution in [2.24, 2.45) is 0 Å². The van der Waals surface area contributed by atoms with Gasteiger partial charge in [-0.3, -0.25) is 0 Å². The van der Waals surface area contributed by atoms with Crippen molar-refractivity contribution in [1.29, 1.82) is 0 Å². The van der Waals surface area contributed by atoms with Crippen LogP contribution in [-0.4, -0.2) is 7.05 Å². The van der Waals surface area contributed by atoms with E-state index in [0.29, 0.717) is 12.1 Å². The van der Waals surface area contributed by atoms with Crippen LogP contribution in [0.5, 0.6) is 0 Å². The van der Waals surface area contributed by atoms with Gasteiger partial charge in [-0.1, -0.05) is 18.2 Å². The molecule has 0 aliphatic rings. The molecule has 0 radical (unpaired) electrons. The molecule has 0 atom stereocenters. The second-order valence-electron chi connectivity index (χ2n) is 3.84. The van der Waals surface area contributed by atoms with E-state index in [4.69, 9.17) is 0 Å². The van der Waals surface area contributed by atoms with Gasteiger partial charge in [-0.25, -0.2) is 8.78 Å². The molecule has 0 heterocycles. The summed E-state index contributed by atoms with van der Waals surface area (Å²) in [6, 6.07) is 11.1. The van der Waals surface area contributed by atoms with Crippen LogP contribution in [0.2, 0.25) is 0 Å². The number of nitrogens with one attached hydrogen (secondary N) is 1. The molecule has 0 spiro atoms. The fourth-order valence-electron chi connectivity index (χ4n) is 1.72. The number of hydrogen-bond donors (Lipinski definition) is 1. The lowest BCUT2D eigenvalue weighted by atomic mass is 10.0. The molecular formula is C14H13F2N. The molecule has 0 aromatic heterocycles. The highest BCUT2D eigenvalue weighted by Gasteiger charge is 2.04. The van der Waals surface area contributed by atoms with Crippen LogP contribution in [0.1, 0.15) is 5.56 Å². The van der Waals surface area contributed by atoms with Gasteiger partial charge in [0, 0.05) is 12.1 Å². The summed E-state index contributed by atoms with van der Waals surface area (Å²) >= 11 is 0.